The molecule has 0 unspecified atom stereocenters. The van der Waals surface area contributed by atoms with Crippen molar-refractivity contribution in [2.75, 3.05) is 0 Å². The highest BCUT2D eigenvalue weighted by molar-refractivity contribution is 7.26. The van der Waals surface area contributed by atoms with Crippen LogP contribution in [-0.2, 0) is 0 Å². The van der Waals surface area contributed by atoms with Gasteiger partial charge in [0.2, 0.25) is 0 Å². The van der Waals surface area contributed by atoms with E-state index in [4.69, 9.17) is 0 Å². The zero-order valence-electron chi connectivity index (χ0n) is 28.6. The zero-order valence-corrected chi connectivity index (χ0v) is 29.4. The third kappa shape index (κ3) is 4.03. The van der Waals surface area contributed by atoms with Crippen LogP contribution in [0.4, 0.5) is 0 Å². The highest BCUT2D eigenvalue weighted by atomic mass is 32.1. The van der Waals surface area contributed by atoms with E-state index in [2.05, 4.69) is 191 Å². The van der Waals surface area contributed by atoms with E-state index in [-0.39, 0.29) is 0 Å². The van der Waals surface area contributed by atoms with E-state index in [0.29, 0.717) is 0 Å². The van der Waals surface area contributed by atoms with Gasteiger partial charge in [0.25, 0.3) is 0 Å². The number of fused-ring (bicyclic) bond motifs is 7. The second-order valence-electron chi connectivity index (χ2n) is 14.1. The van der Waals surface area contributed by atoms with Crippen LogP contribution in [0.2, 0.25) is 0 Å². The van der Waals surface area contributed by atoms with Gasteiger partial charge in [-0.05, 0) is 75.5 Å². The Bertz CT molecular complexity index is 3380. The van der Waals surface area contributed by atoms with E-state index in [1.54, 1.807) is 0 Å². The summed E-state index contributed by atoms with van der Waals surface area (Å²) in [4.78, 5) is 0. The SMILES string of the molecule is c1ccc(-c2cccc3c2sc2c(-c4cccc(-n5c6cccc7ccc8cc9c%10ccccc%10n(-c%10ccccc%10)c9c5c8c76)c4)cccc23)cc1. The molecule has 0 amide bonds. The van der Waals surface area contributed by atoms with Gasteiger partial charge < -0.3 is 9.13 Å². The van der Waals surface area contributed by atoms with Crippen LogP contribution in [0.5, 0.6) is 0 Å². The molecule has 3 heteroatoms. The third-order valence-electron chi connectivity index (χ3n) is 11.2. The molecule has 3 aromatic heterocycles. The molecule has 0 bridgehead atoms. The summed E-state index contributed by atoms with van der Waals surface area (Å²) in [5.74, 6) is 0. The molecule has 0 spiro atoms. The van der Waals surface area contributed by atoms with Crippen molar-refractivity contribution in [1.29, 1.82) is 0 Å². The Morgan fingerprint density at radius 3 is 1.74 bits per heavy atom. The first kappa shape index (κ1) is 29.0. The van der Waals surface area contributed by atoms with Crippen LogP contribution in [0.25, 0.3) is 108 Å². The van der Waals surface area contributed by atoms with Crippen molar-refractivity contribution < 1.29 is 0 Å². The molecule has 9 aromatic carbocycles. The van der Waals surface area contributed by atoms with Crippen LogP contribution in [0.1, 0.15) is 0 Å². The molecule has 246 valence electrons. The van der Waals surface area contributed by atoms with E-state index in [1.807, 2.05) is 11.3 Å². The second-order valence-corrected chi connectivity index (χ2v) is 15.1. The van der Waals surface area contributed by atoms with E-state index in [9.17, 15) is 0 Å². The quantitative estimate of drug-likeness (QED) is 0.163. The van der Waals surface area contributed by atoms with Gasteiger partial charge in [-0.2, -0.15) is 0 Å². The first-order valence-electron chi connectivity index (χ1n) is 18.2. The standard InChI is InChI=1S/C50H30N2S/c1-3-13-31(14-4-1)37-21-11-23-40-41-24-12-22-38(50(41)53-49(37)40)33-16-9-19-36(29-33)52-44-26-10-15-32-27-28-34-30-42-39-20-7-8-25-43(39)51(35-17-5-2-6-18-35)47(42)48(52)46(34)45(32)44/h1-30H. The van der Waals surface area contributed by atoms with Crippen LogP contribution in [0, 0.1) is 0 Å². The van der Waals surface area contributed by atoms with Gasteiger partial charge in [-0.25, -0.2) is 0 Å². The van der Waals surface area contributed by atoms with Crippen LogP contribution in [0.15, 0.2) is 182 Å². The van der Waals surface area contributed by atoms with Crippen molar-refractivity contribution in [3.63, 3.8) is 0 Å². The first-order valence-corrected chi connectivity index (χ1v) is 19.0. The van der Waals surface area contributed by atoms with Gasteiger partial charge in [0.15, 0.2) is 0 Å². The normalized spacial score (nSPS) is 12.2. The lowest BCUT2D eigenvalue weighted by Crippen LogP contribution is -1.99. The summed E-state index contributed by atoms with van der Waals surface area (Å²) >= 11 is 1.91. The van der Waals surface area contributed by atoms with Crippen molar-refractivity contribution >= 4 is 85.9 Å². The molecule has 0 radical (unpaired) electrons. The maximum Gasteiger partial charge on any atom is 0.0795 e. The van der Waals surface area contributed by atoms with Crippen LogP contribution in [0.3, 0.4) is 0 Å². The molecular formula is C50H30N2S. The van der Waals surface area contributed by atoms with Crippen molar-refractivity contribution in [1.82, 2.24) is 9.13 Å². The Morgan fingerprint density at radius 2 is 0.925 bits per heavy atom. The lowest BCUT2D eigenvalue weighted by atomic mass is 10.00. The maximum atomic E-state index is 2.54. The zero-order chi connectivity index (χ0) is 34.6. The molecule has 53 heavy (non-hydrogen) atoms. The number of hydrogen-bond acceptors (Lipinski definition) is 1. The van der Waals surface area contributed by atoms with Gasteiger partial charge in [-0.15, -0.1) is 11.3 Å². The van der Waals surface area contributed by atoms with E-state index >= 15 is 0 Å². The Kier molecular flexibility index (Phi) is 5.96. The van der Waals surface area contributed by atoms with Gasteiger partial charge in [-0.3, -0.25) is 0 Å². The summed E-state index contributed by atoms with van der Waals surface area (Å²) in [6.07, 6.45) is 0. The lowest BCUT2D eigenvalue weighted by molar-refractivity contribution is 1.15. The minimum Gasteiger partial charge on any atom is -0.307 e. The molecule has 12 rings (SSSR count). The minimum atomic E-state index is 1.16. The van der Waals surface area contributed by atoms with Crippen molar-refractivity contribution in [3.05, 3.63) is 182 Å². The molecule has 0 saturated carbocycles. The predicted molar refractivity (Wildman–Crippen MR) is 228 cm³/mol. The summed E-state index contributed by atoms with van der Waals surface area (Å²) in [7, 11) is 0. The number of para-hydroxylation sites is 2. The van der Waals surface area contributed by atoms with E-state index in [0.717, 1.165) is 11.4 Å². The predicted octanol–water partition coefficient (Wildman–Crippen LogP) is 14.2. The van der Waals surface area contributed by atoms with Crippen molar-refractivity contribution in [3.8, 4) is 33.6 Å². The minimum absolute atomic E-state index is 1.16. The maximum absolute atomic E-state index is 2.54. The van der Waals surface area contributed by atoms with Gasteiger partial charge in [0.1, 0.15) is 0 Å². The Hall–Kier alpha value is -6.68. The van der Waals surface area contributed by atoms with Crippen LogP contribution >= 0.6 is 11.3 Å². The molecule has 0 atom stereocenters. The molecule has 0 N–H and O–H groups in total. The summed E-state index contributed by atoms with van der Waals surface area (Å²) in [6.45, 7) is 0. The number of thiophene rings is 1. The summed E-state index contributed by atoms with van der Waals surface area (Å²) in [6, 6.07) is 67.0. The largest absolute Gasteiger partial charge is 0.307 e. The monoisotopic (exact) mass is 690 g/mol. The van der Waals surface area contributed by atoms with E-state index in [1.165, 1.54) is 96.8 Å². The molecule has 3 heterocycles. The first-order chi connectivity index (χ1) is 26.3. The molecule has 0 aliphatic heterocycles. The molecule has 0 aliphatic carbocycles. The summed E-state index contributed by atoms with van der Waals surface area (Å²) < 4.78 is 7.67. The smallest absolute Gasteiger partial charge is 0.0795 e. The lowest BCUT2D eigenvalue weighted by Gasteiger charge is -2.14. The highest BCUT2D eigenvalue weighted by Crippen LogP contribution is 2.47. The fourth-order valence-corrected chi connectivity index (χ4v) is 10.4. The molecule has 0 saturated heterocycles. The Labute approximate surface area is 309 Å². The average Bonchev–Trinajstić information content (AvgIpc) is 3.89. The van der Waals surface area contributed by atoms with Crippen LogP contribution in [-0.4, -0.2) is 9.13 Å². The Balaban J connectivity index is 1.18. The number of aromatic nitrogens is 2. The van der Waals surface area contributed by atoms with Crippen LogP contribution < -0.4 is 0 Å². The summed E-state index contributed by atoms with van der Waals surface area (Å²) in [5, 5.41) is 10.3. The third-order valence-corrected chi connectivity index (χ3v) is 12.5. The number of nitrogens with zero attached hydrogens (tertiary/aromatic N) is 2. The average molecular weight is 691 g/mol. The number of hydrogen-bond donors (Lipinski definition) is 0. The summed E-state index contributed by atoms with van der Waals surface area (Å²) in [5.41, 5.74) is 12.3. The fraction of sp³-hybridized carbons (Fsp3) is 0. The topological polar surface area (TPSA) is 9.86 Å². The molecular weight excluding hydrogens is 661 g/mol. The van der Waals surface area contributed by atoms with Gasteiger partial charge >= 0.3 is 0 Å². The second kappa shape index (κ2) is 10.9. The van der Waals surface area contributed by atoms with Crippen molar-refractivity contribution in [2.45, 2.75) is 0 Å². The molecule has 0 aliphatic rings. The molecule has 12 aromatic rings. The highest BCUT2D eigenvalue weighted by Gasteiger charge is 2.24. The van der Waals surface area contributed by atoms with Gasteiger partial charge in [-0.1, -0.05) is 140 Å². The van der Waals surface area contributed by atoms with Gasteiger partial charge in [0.05, 0.1) is 22.1 Å². The Morgan fingerprint density at radius 1 is 0.340 bits per heavy atom. The number of benzene rings is 9. The van der Waals surface area contributed by atoms with Gasteiger partial charge in [0, 0.05) is 53.1 Å². The number of rotatable bonds is 4. The van der Waals surface area contributed by atoms with E-state index < -0.39 is 0 Å². The van der Waals surface area contributed by atoms with Crippen molar-refractivity contribution in [2.24, 2.45) is 0 Å². The molecule has 2 nitrogen and oxygen atoms in total. The molecule has 0 fully saturated rings. The fourth-order valence-electron chi connectivity index (χ4n) is 9.01.